The highest BCUT2D eigenvalue weighted by Crippen LogP contribution is 2.29. The Hall–Kier alpha value is -3.21. The number of halogens is 2. The zero-order chi connectivity index (χ0) is 22.0. The number of benzene rings is 1. The monoisotopic (exact) mass is 443 g/mol. The second kappa shape index (κ2) is 8.88. The Kier molecular flexibility index (Phi) is 6.03. The predicted molar refractivity (Wildman–Crippen MR) is 115 cm³/mol. The van der Waals surface area contributed by atoms with E-state index in [1.807, 2.05) is 19.2 Å². The topological polar surface area (TPSA) is 91.9 Å². The fourth-order valence-corrected chi connectivity index (χ4v) is 3.67. The normalized spacial score (nSPS) is 11.2. The van der Waals surface area contributed by atoms with Crippen molar-refractivity contribution in [1.82, 2.24) is 20.4 Å². The number of nitrogens with zero attached hydrogens (tertiary/aromatic N) is 2. The van der Waals surface area contributed by atoms with E-state index in [2.05, 4.69) is 25.9 Å². The number of carbonyl (C=O) groups excluding carboxylic acids is 1. The first-order valence-electron chi connectivity index (χ1n) is 9.56. The van der Waals surface area contributed by atoms with Crippen molar-refractivity contribution in [2.45, 2.75) is 20.3 Å². The maximum Gasteiger partial charge on any atom is 0.201 e. The Morgan fingerprint density at radius 1 is 1.32 bits per heavy atom. The molecule has 0 bridgehead atoms. The zero-order valence-electron chi connectivity index (χ0n) is 16.8. The summed E-state index contributed by atoms with van der Waals surface area (Å²) in [5.74, 6) is -2.82. The predicted octanol–water partition coefficient (Wildman–Crippen LogP) is 4.76. The third kappa shape index (κ3) is 4.18. The number of hydroxylamine groups is 1. The lowest BCUT2D eigenvalue weighted by Crippen LogP contribution is -2.20. The molecule has 0 aliphatic carbocycles. The average Bonchev–Trinajstić information content (AvgIpc) is 3.38. The first-order valence-corrected chi connectivity index (χ1v) is 10.4. The van der Waals surface area contributed by atoms with Crippen LogP contribution in [-0.2, 0) is 4.94 Å². The number of carbonyl (C=O) groups is 1. The molecule has 3 aromatic heterocycles. The summed E-state index contributed by atoms with van der Waals surface area (Å²) in [5, 5.41) is 3.23. The lowest BCUT2D eigenvalue weighted by molar-refractivity contribution is 0.0879. The number of anilines is 1. The van der Waals surface area contributed by atoms with Crippen LogP contribution in [-0.4, -0.2) is 27.3 Å². The number of H-pyrrole nitrogens is 1. The van der Waals surface area contributed by atoms with Crippen LogP contribution in [0.4, 0.5) is 14.5 Å². The van der Waals surface area contributed by atoms with Gasteiger partial charge in [-0.25, -0.2) is 24.2 Å². The molecule has 0 amide bonds. The first-order chi connectivity index (χ1) is 15.0. The molecule has 4 aromatic rings. The number of fused-ring (bicyclic) bond motifs is 1. The third-order valence-electron chi connectivity index (χ3n) is 4.59. The molecule has 0 aliphatic heterocycles. The number of rotatable bonds is 8. The maximum absolute atomic E-state index is 15.0. The van der Waals surface area contributed by atoms with Gasteiger partial charge in [0, 0.05) is 40.8 Å². The standard InChI is InChI=1S/C21H19F2N5O2S/c1-3-6-26-30-28-16-5-4-15(22)18(19(16)23)20(29)14-9-25-21-13(14)7-12(8-24-21)17-10-31-11(2)27-17/h4-5,7-10,26,28H,3,6H2,1-2H3,(H,24,25). The van der Waals surface area contributed by atoms with Gasteiger partial charge in [0.1, 0.15) is 11.5 Å². The molecule has 31 heavy (non-hydrogen) atoms. The summed E-state index contributed by atoms with van der Waals surface area (Å²) in [6, 6.07) is 3.91. The van der Waals surface area contributed by atoms with Crippen molar-refractivity contribution >= 4 is 33.8 Å². The molecule has 3 N–H and O–H groups in total. The summed E-state index contributed by atoms with van der Waals surface area (Å²) in [7, 11) is 0. The van der Waals surface area contributed by atoms with E-state index in [1.165, 1.54) is 17.5 Å². The number of hydrogen-bond donors (Lipinski definition) is 3. The Balaban J connectivity index is 1.71. The van der Waals surface area contributed by atoms with Gasteiger partial charge in [-0.05, 0) is 31.5 Å². The second-order valence-electron chi connectivity index (χ2n) is 6.79. The molecule has 10 heteroatoms. The summed E-state index contributed by atoms with van der Waals surface area (Å²) >= 11 is 1.49. The maximum atomic E-state index is 15.0. The van der Waals surface area contributed by atoms with Gasteiger partial charge in [0.05, 0.1) is 22.0 Å². The van der Waals surface area contributed by atoms with Gasteiger partial charge >= 0.3 is 0 Å². The van der Waals surface area contributed by atoms with Crippen molar-refractivity contribution in [3.63, 3.8) is 0 Å². The minimum Gasteiger partial charge on any atom is -0.345 e. The van der Waals surface area contributed by atoms with Crippen LogP contribution >= 0.6 is 11.3 Å². The number of nitrogens with one attached hydrogen (secondary N) is 3. The molecule has 160 valence electrons. The van der Waals surface area contributed by atoms with Gasteiger partial charge in [0.15, 0.2) is 5.82 Å². The van der Waals surface area contributed by atoms with E-state index in [1.54, 1.807) is 12.3 Å². The summed E-state index contributed by atoms with van der Waals surface area (Å²) in [6.07, 6.45) is 3.83. The molecule has 0 atom stereocenters. The van der Waals surface area contributed by atoms with Crippen LogP contribution in [0, 0.1) is 18.6 Å². The number of aromatic nitrogens is 3. The van der Waals surface area contributed by atoms with Crippen molar-refractivity contribution in [2.75, 3.05) is 12.0 Å². The number of hydrogen-bond acceptors (Lipinski definition) is 7. The molecule has 0 fully saturated rings. The highest BCUT2D eigenvalue weighted by atomic mass is 32.1. The van der Waals surface area contributed by atoms with Crippen LogP contribution in [0.15, 0.2) is 36.0 Å². The van der Waals surface area contributed by atoms with Crippen molar-refractivity contribution in [3.05, 3.63) is 63.7 Å². The van der Waals surface area contributed by atoms with Crippen molar-refractivity contribution in [2.24, 2.45) is 0 Å². The molecule has 0 spiro atoms. The van der Waals surface area contributed by atoms with Crippen LogP contribution in [0.1, 0.15) is 34.3 Å². The van der Waals surface area contributed by atoms with Gasteiger partial charge in [0.25, 0.3) is 0 Å². The smallest absolute Gasteiger partial charge is 0.201 e. The lowest BCUT2D eigenvalue weighted by atomic mass is 10.0. The molecule has 4 rings (SSSR count). The Morgan fingerprint density at radius 3 is 2.90 bits per heavy atom. The number of pyridine rings is 1. The summed E-state index contributed by atoms with van der Waals surface area (Å²) in [6.45, 7) is 4.35. The third-order valence-corrected chi connectivity index (χ3v) is 5.37. The van der Waals surface area contributed by atoms with Gasteiger partial charge in [-0.2, -0.15) is 10.4 Å². The van der Waals surface area contributed by atoms with E-state index < -0.39 is 23.0 Å². The SMILES string of the molecule is CCCNONc1ccc(F)c(C(=O)c2c[nH]c3ncc(-c4csc(C)n4)cc23)c1F. The molecule has 0 unspecified atom stereocenters. The van der Waals surface area contributed by atoms with E-state index in [9.17, 15) is 13.6 Å². The minimum absolute atomic E-state index is 0.108. The lowest BCUT2D eigenvalue weighted by Gasteiger charge is -2.11. The molecule has 7 nitrogen and oxygen atoms in total. The highest BCUT2D eigenvalue weighted by molar-refractivity contribution is 7.09. The number of aryl methyl sites for hydroxylation is 1. The van der Waals surface area contributed by atoms with E-state index in [0.717, 1.165) is 29.3 Å². The largest absolute Gasteiger partial charge is 0.345 e. The number of aromatic amines is 1. The van der Waals surface area contributed by atoms with E-state index in [4.69, 9.17) is 4.94 Å². The Bertz CT molecular complexity index is 1250. The highest BCUT2D eigenvalue weighted by Gasteiger charge is 2.25. The van der Waals surface area contributed by atoms with Gasteiger partial charge in [-0.15, -0.1) is 11.3 Å². The fourth-order valence-electron chi connectivity index (χ4n) is 3.05. The zero-order valence-corrected chi connectivity index (χ0v) is 17.6. The second-order valence-corrected chi connectivity index (χ2v) is 7.85. The number of ketones is 1. The quantitative estimate of drug-likeness (QED) is 0.207. The molecular formula is C21H19F2N5O2S. The average molecular weight is 443 g/mol. The number of thiazole rings is 1. The van der Waals surface area contributed by atoms with Crippen LogP contribution in [0.5, 0.6) is 0 Å². The van der Waals surface area contributed by atoms with Gasteiger partial charge in [-0.3, -0.25) is 4.79 Å². The first kappa shape index (κ1) is 21.0. The summed E-state index contributed by atoms with van der Waals surface area (Å²) in [5.41, 5.74) is 6.05. The van der Waals surface area contributed by atoms with Crippen molar-refractivity contribution in [3.8, 4) is 11.3 Å². The molecule has 0 saturated heterocycles. The molecular weight excluding hydrogens is 424 g/mol. The molecule has 0 radical (unpaired) electrons. The molecule has 1 aromatic carbocycles. The van der Waals surface area contributed by atoms with Gasteiger partial charge in [-0.1, -0.05) is 6.92 Å². The minimum atomic E-state index is -1.04. The van der Waals surface area contributed by atoms with Crippen molar-refractivity contribution < 1.29 is 18.5 Å². The Labute approximate surface area is 180 Å². The molecule has 0 saturated carbocycles. The van der Waals surface area contributed by atoms with Crippen LogP contribution in [0.2, 0.25) is 0 Å². The van der Waals surface area contributed by atoms with Gasteiger partial charge in [0.2, 0.25) is 5.78 Å². The summed E-state index contributed by atoms with van der Waals surface area (Å²) < 4.78 is 29.4. The van der Waals surface area contributed by atoms with E-state index in [-0.39, 0.29) is 11.3 Å². The van der Waals surface area contributed by atoms with E-state index in [0.29, 0.717) is 23.1 Å². The fraction of sp³-hybridized carbons (Fsp3) is 0.190. The van der Waals surface area contributed by atoms with E-state index >= 15 is 0 Å². The molecule has 0 aliphatic rings. The van der Waals surface area contributed by atoms with Crippen molar-refractivity contribution in [1.29, 1.82) is 0 Å². The van der Waals surface area contributed by atoms with Crippen LogP contribution < -0.4 is 11.0 Å². The Morgan fingerprint density at radius 2 is 2.16 bits per heavy atom. The van der Waals surface area contributed by atoms with Crippen LogP contribution in [0.25, 0.3) is 22.3 Å². The van der Waals surface area contributed by atoms with Crippen LogP contribution in [0.3, 0.4) is 0 Å². The van der Waals surface area contributed by atoms with Gasteiger partial charge < -0.3 is 4.98 Å². The molecule has 3 heterocycles. The summed E-state index contributed by atoms with van der Waals surface area (Å²) in [4.78, 5) is 29.7.